The molecule has 1 aliphatic rings. The minimum Gasteiger partial charge on any atom is -0.384 e. The molecule has 3 N–H and O–H groups in total. The van der Waals surface area contributed by atoms with Crippen LogP contribution in [0.3, 0.4) is 0 Å². The number of aryl methyl sites for hydroxylation is 2. The second-order valence-electron chi connectivity index (χ2n) is 5.15. The highest BCUT2D eigenvalue weighted by Gasteiger charge is 2.35. The average Bonchev–Trinajstić information content (AvgIpc) is 2.80. The number of nitrogens with two attached hydrogens (primary N) is 1. The zero-order chi connectivity index (χ0) is 14.9. The summed E-state index contributed by atoms with van der Waals surface area (Å²) in [5, 5.41) is 7.79. The summed E-state index contributed by atoms with van der Waals surface area (Å²) < 4.78 is 10.9. The Morgan fingerprint density at radius 2 is 1.85 bits per heavy atom. The van der Waals surface area contributed by atoms with Gasteiger partial charge in [0.2, 0.25) is 0 Å². The van der Waals surface area contributed by atoms with Gasteiger partial charge in [-0.2, -0.15) is 0 Å². The zero-order valence-corrected chi connectivity index (χ0v) is 12.4. The summed E-state index contributed by atoms with van der Waals surface area (Å²) in [6.07, 6.45) is 0.00449. The molecule has 110 valence electrons. The molecule has 0 amide bonds. The van der Waals surface area contributed by atoms with Crippen LogP contribution in [0.25, 0.3) is 0 Å². The van der Waals surface area contributed by atoms with Gasteiger partial charge in [-0.25, -0.2) is 4.98 Å². The molecule has 0 saturated carbocycles. The lowest BCUT2D eigenvalue weighted by molar-refractivity contribution is -0.00461. The largest absolute Gasteiger partial charge is 0.384 e. The molecule has 1 aromatic heterocycles. The third-order valence-corrected chi connectivity index (χ3v) is 3.72. The van der Waals surface area contributed by atoms with Gasteiger partial charge in [0.1, 0.15) is 23.9 Å². The van der Waals surface area contributed by atoms with Crippen molar-refractivity contribution in [2.75, 3.05) is 32.2 Å². The second kappa shape index (κ2) is 5.76. The van der Waals surface area contributed by atoms with Crippen molar-refractivity contribution in [3.8, 4) is 0 Å². The van der Waals surface area contributed by atoms with Crippen LogP contribution in [0.2, 0.25) is 0 Å². The first-order valence-electron chi connectivity index (χ1n) is 6.61. The van der Waals surface area contributed by atoms with E-state index in [-0.39, 0.29) is 18.0 Å². The van der Waals surface area contributed by atoms with Crippen LogP contribution >= 0.6 is 0 Å². The van der Waals surface area contributed by atoms with Crippen LogP contribution in [0.5, 0.6) is 0 Å². The Balaban J connectivity index is 2.40. The van der Waals surface area contributed by atoms with E-state index in [0.29, 0.717) is 18.7 Å². The molecule has 0 spiro atoms. The predicted octanol–water partition coefficient (Wildman–Crippen LogP) is 0.833. The number of anilines is 1. The van der Waals surface area contributed by atoms with Crippen LogP contribution in [-0.4, -0.2) is 50.3 Å². The topological polar surface area (TPSA) is 84.5 Å². The van der Waals surface area contributed by atoms with Gasteiger partial charge in [-0.15, -0.1) is 0 Å². The van der Waals surface area contributed by atoms with Gasteiger partial charge in [-0.1, -0.05) is 0 Å². The molecule has 0 bridgehead atoms. The van der Waals surface area contributed by atoms with Gasteiger partial charge in [0.25, 0.3) is 0 Å². The van der Waals surface area contributed by atoms with Crippen LogP contribution in [0.15, 0.2) is 6.07 Å². The Morgan fingerprint density at radius 1 is 1.30 bits per heavy atom. The van der Waals surface area contributed by atoms with E-state index in [9.17, 15) is 0 Å². The van der Waals surface area contributed by atoms with Gasteiger partial charge in [-0.3, -0.25) is 5.41 Å². The summed E-state index contributed by atoms with van der Waals surface area (Å²) in [5.41, 5.74) is 8.30. The van der Waals surface area contributed by atoms with Gasteiger partial charge < -0.3 is 20.1 Å². The van der Waals surface area contributed by atoms with Gasteiger partial charge in [0, 0.05) is 33.0 Å². The van der Waals surface area contributed by atoms with E-state index in [1.54, 1.807) is 14.2 Å². The molecule has 2 atom stereocenters. The van der Waals surface area contributed by atoms with E-state index in [2.05, 4.69) is 9.88 Å². The first-order valence-corrected chi connectivity index (χ1v) is 6.61. The fourth-order valence-electron chi connectivity index (χ4n) is 2.75. The molecule has 0 aliphatic carbocycles. The van der Waals surface area contributed by atoms with Crippen LogP contribution in [0, 0.1) is 19.3 Å². The Kier molecular flexibility index (Phi) is 4.25. The van der Waals surface area contributed by atoms with Crippen molar-refractivity contribution in [2.24, 2.45) is 5.73 Å². The molecule has 1 aliphatic heterocycles. The number of rotatable bonds is 4. The van der Waals surface area contributed by atoms with Crippen LogP contribution in [0.1, 0.15) is 16.8 Å². The number of nitrogen functional groups attached to an aromatic ring is 1. The highest BCUT2D eigenvalue weighted by Crippen LogP contribution is 2.27. The molecular formula is C14H22N4O2. The number of hydrogen-bond donors (Lipinski definition) is 2. The number of hydrogen-bond acceptors (Lipinski definition) is 5. The monoisotopic (exact) mass is 278 g/mol. The third kappa shape index (κ3) is 2.62. The van der Waals surface area contributed by atoms with Crippen molar-refractivity contribution in [3.05, 3.63) is 22.9 Å². The Morgan fingerprint density at radius 3 is 2.30 bits per heavy atom. The number of amidine groups is 1. The van der Waals surface area contributed by atoms with E-state index in [1.807, 2.05) is 19.9 Å². The number of methoxy groups -OCH3 is 2. The zero-order valence-electron chi connectivity index (χ0n) is 12.4. The maximum Gasteiger partial charge on any atom is 0.140 e. The van der Waals surface area contributed by atoms with Crippen molar-refractivity contribution in [2.45, 2.75) is 26.1 Å². The SMILES string of the molecule is COC1CN(c2nc(C)cc(C)c2C(=N)N)CC1OC. The van der Waals surface area contributed by atoms with Crippen LogP contribution in [0.4, 0.5) is 5.82 Å². The summed E-state index contributed by atoms with van der Waals surface area (Å²) in [5.74, 6) is 0.788. The summed E-state index contributed by atoms with van der Waals surface area (Å²) >= 11 is 0. The van der Waals surface area contributed by atoms with E-state index < -0.39 is 0 Å². The number of ether oxygens (including phenoxy) is 2. The lowest BCUT2D eigenvalue weighted by Crippen LogP contribution is -2.27. The molecule has 1 saturated heterocycles. The molecular weight excluding hydrogens is 256 g/mol. The maximum absolute atomic E-state index is 7.79. The van der Waals surface area contributed by atoms with Gasteiger partial charge in [0.05, 0.1) is 5.56 Å². The molecule has 1 fully saturated rings. The first-order chi connectivity index (χ1) is 9.47. The fourth-order valence-corrected chi connectivity index (χ4v) is 2.75. The van der Waals surface area contributed by atoms with Crippen LogP contribution in [-0.2, 0) is 9.47 Å². The molecule has 2 rings (SSSR count). The molecule has 6 heteroatoms. The smallest absolute Gasteiger partial charge is 0.140 e. The Labute approximate surface area is 119 Å². The van der Waals surface area contributed by atoms with Gasteiger partial charge in [0.15, 0.2) is 0 Å². The van der Waals surface area contributed by atoms with Crippen LogP contribution < -0.4 is 10.6 Å². The summed E-state index contributed by atoms with van der Waals surface area (Å²) in [4.78, 5) is 6.65. The molecule has 6 nitrogen and oxygen atoms in total. The third-order valence-electron chi connectivity index (χ3n) is 3.72. The van der Waals surface area contributed by atoms with E-state index in [4.69, 9.17) is 20.6 Å². The summed E-state index contributed by atoms with van der Waals surface area (Å²) in [7, 11) is 3.36. The van der Waals surface area contributed by atoms with Crippen molar-refractivity contribution >= 4 is 11.7 Å². The number of pyridine rings is 1. The summed E-state index contributed by atoms with van der Waals surface area (Å²) in [6, 6.07) is 1.94. The maximum atomic E-state index is 7.79. The normalized spacial score (nSPS) is 22.3. The van der Waals surface area contributed by atoms with Gasteiger partial charge in [-0.05, 0) is 25.5 Å². The average molecular weight is 278 g/mol. The number of nitrogens with one attached hydrogen (secondary N) is 1. The van der Waals surface area contributed by atoms with E-state index in [0.717, 1.165) is 17.1 Å². The van der Waals surface area contributed by atoms with Crippen molar-refractivity contribution in [3.63, 3.8) is 0 Å². The van der Waals surface area contributed by atoms with Crippen molar-refractivity contribution in [1.29, 1.82) is 5.41 Å². The molecule has 1 aromatic rings. The van der Waals surface area contributed by atoms with E-state index in [1.165, 1.54) is 0 Å². The van der Waals surface area contributed by atoms with Gasteiger partial charge >= 0.3 is 0 Å². The van der Waals surface area contributed by atoms with E-state index >= 15 is 0 Å². The number of aromatic nitrogens is 1. The first kappa shape index (κ1) is 14.7. The molecule has 2 heterocycles. The van der Waals surface area contributed by atoms with Crippen molar-refractivity contribution < 1.29 is 9.47 Å². The second-order valence-corrected chi connectivity index (χ2v) is 5.15. The van der Waals surface area contributed by atoms with Crippen molar-refractivity contribution in [1.82, 2.24) is 4.98 Å². The highest BCUT2D eigenvalue weighted by molar-refractivity contribution is 6.01. The lowest BCUT2D eigenvalue weighted by Gasteiger charge is -2.22. The molecule has 20 heavy (non-hydrogen) atoms. The number of nitrogens with zero attached hydrogens (tertiary/aromatic N) is 2. The fraction of sp³-hybridized carbons (Fsp3) is 0.571. The quantitative estimate of drug-likeness (QED) is 0.629. The molecule has 2 unspecified atom stereocenters. The Hall–Kier alpha value is -1.66. The highest BCUT2D eigenvalue weighted by atomic mass is 16.5. The predicted molar refractivity (Wildman–Crippen MR) is 78.5 cm³/mol. The molecule has 0 aromatic carbocycles. The lowest BCUT2D eigenvalue weighted by atomic mass is 10.1. The standard InChI is InChI=1S/C14H22N4O2/c1-8-5-9(2)17-14(12(8)13(15)16)18-6-10(19-3)11(7-18)20-4/h5,10-11H,6-7H2,1-4H3,(H3,15,16). The minimum absolute atomic E-state index is 0.00225. The molecule has 0 radical (unpaired) electrons. The minimum atomic E-state index is 0.00225. The Bertz CT molecular complexity index is 506. The summed E-state index contributed by atoms with van der Waals surface area (Å²) in [6.45, 7) is 5.26.